The largest absolute Gasteiger partial charge is 0.432 e. The van der Waals surface area contributed by atoms with Crippen LogP contribution in [0.15, 0.2) is 24.3 Å². The molecule has 1 aromatic carbocycles. The van der Waals surface area contributed by atoms with Crippen molar-refractivity contribution in [3.05, 3.63) is 35.4 Å². The molecule has 0 spiro atoms. The topological polar surface area (TPSA) is 66.5 Å². The number of hydrogen-bond acceptors (Lipinski definition) is 3. The lowest BCUT2D eigenvalue weighted by Crippen LogP contribution is -2.40. The predicted molar refractivity (Wildman–Crippen MR) is 82.7 cm³/mol. The molecule has 1 aromatic rings. The van der Waals surface area contributed by atoms with Gasteiger partial charge in [-0.3, -0.25) is 0 Å². The highest BCUT2D eigenvalue weighted by Gasteiger charge is 2.37. The van der Waals surface area contributed by atoms with Gasteiger partial charge in [0.15, 0.2) is 8.32 Å². The molecule has 4 N–H and O–H groups in total. The van der Waals surface area contributed by atoms with Crippen molar-refractivity contribution >= 4 is 8.32 Å². The Kier molecular flexibility index (Phi) is 5.32. The van der Waals surface area contributed by atoms with E-state index in [2.05, 4.69) is 38.1 Å². The van der Waals surface area contributed by atoms with Crippen LogP contribution in [0.2, 0.25) is 18.1 Å². The van der Waals surface area contributed by atoms with E-state index in [1.54, 1.807) is 0 Å². The minimum absolute atomic E-state index is 0.0130. The standard InChI is InChI=1S/C15H27NO2Si/c1-15(2,19(3,4)18)10-13-7-5-12(6-8-13)9-14(16)11-17/h5-8,14,17-18H,9-11,16H2,1-4H3/t14-/m1/s1. The van der Waals surface area contributed by atoms with Crippen LogP contribution in [-0.4, -0.2) is 30.9 Å². The first-order valence-corrected chi connectivity index (χ1v) is 9.77. The molecule has 19 heavy (non-hydrogen) atoms. The van der Waals surface area contributed by atoms with Crippen molar-refractivity contribution in [1.82, 2.24) is 0 Å². The van der Waals surface area contributed by atoms with Crippen molar-refractivity contribution in [2.45, 2.75) is 50.9 Å². The molecular weight excluding hydrogens is 254 g/mol. The minimum atomic E-state index is -2.17. The molecule has 4 heteroatoms. The molecule has 0 aliphatic carbocycles. The van der Waals surface area contributed by atoms with E-state index >= 15 is 0 Å². The lowest BCUT2D eigenvalue weighted by Gasteiger charge is -2.35. The van der Waals surface area contributed by atoms with Crippen molar-refractivity contribution in [1.29, 1.82) is 0 Å². The second-order valence-electron chi connectivity index (χ2n) is 6.58. The van der Waals surface area contributed by atoms with Gasteiger partial charge in [0.2, 0.25) is 0 Å². The van der Waals surface area contributed by atoms with E-state index in [4.69, 9.17) is 10.8 Å². The fourth-order valence-corrected chi connectivity index (χ4v) is 2.52. The maximum atomic E-state index is 10.3. The molecule has 0 heterocycles. The number of aliphatic hydroxyl groups excluding tert-OH is 1. The zero-order valence-electron chi connectivity index (χ0n) is 12.5. The Morgan fingerprint density at radius 3 is 2.05 bits per heavy atom. The molecule has 0 aromatic heterocycles. The maximum absolute atomic E-state index is 10.3. The first-order valence-electron chi connectivity index (χ1n) is 6.82. The lowest BCUT2D eigenvalue weighted by molar-refractivity contribution is 0.265. The van der Waals surface area contributed by atoms with Gasteiger partial charge in [0.05, 0.1) is 6.61 Å². The van der Waals surface area contributed by atoms with Gasteiger partial charge in [-0.15, -0.1) is 0 Å². The van der Waals surface area contributed by atoms with Crippen molar-refractivity contribution in [3.63, 3.8) is 0 Å². The first kappa shape index (κ1) is 16.4. The van der Waals surface area contributed by atoms with E-state index in [0.29, 0.717) is 6.42 Å². The molecule has 1 atom stereocenters. The van der Waals surface area contributed by atoms with E-state index in [9.17, 15) is 4.80 Å². The van der Waals surface area contributed by atoms with Gasteiger partial charge >= 0.3 is 0 Å². The Bertz CT molecular complexity index is 396. The molecule has 0 aliphatic heterocycles. The van der Waals surface area contributed by atoms with E-state index in [-0.39, 0.29) is 17.7 Å². The van der Waals surface area contributed by atoms with Gasteiger partial charge in [-0.2, -0.15) is 0 Å². The SMILES string of the molecule is CC(C)(Cc1ccc(C[C@@H](N)CO)cc1)[Si](C)(C)O. The summed E-state index contributed by atoms with van der Waals surface area (Å²) >= 11 is 0. The number of hydrogen-bond donors (Lipinski definition) is 3. The molecular formula is C15H27NO2Si. The van der Waals surface area contributed by atoms with Crippen LogP contribution in [0.4, 0.5) is 0 Å². The summed E-state index contributed by atoms with van der Waals surface area (Å²) in [6.07, 6.45) is 1.58. The van der Waals surface area contributed by atoms with Gasteiger partial charge in [0, 0.05) is 6.04 Å². The fraction of sp³-hybridized carbons (Fsp3) is 0.600. The van der Waals surface area contributed by atoms with E-state index in [0.717, 1.165) is 12.0 Å². The van der Waals surface area contributed by atoms with Gasteiger partial charge in [-0.1, -0.05) is 38.1 Å². The predicted octanol–water partition coefficient (Wildman–Crippen LogP) is 2.07. The Morgan fingerprint density at radius 2 is 1.63 bits per heavy atom. The maximum Gasteiger partial charge on any atom is 0.188 e. The summed E-state index contributed by atoms with van der Waals surface area (Å²) in [4.78, 5) is 10.3. The van der Waals surface area contributed by atoms with Gasteiger partial charge < -0.3 is 15.6 Å². The molecule has 108 valence electrons. The molecule has 0 saturated carbocycles. The molecule has 0 saturated heterocycles. The van der Waals surface area contributed by atoms with Gasteiger partial charge in [-0.25, -0.2) is 0 Å². The summed E-state index contributed by atoms with van der Waals surface area (Å²) in [5.41, 5.74) is 8.10. The Morgan fingerprint density at radius 1 is 1.16 bits per heavy atom. The van der Waals surface area contributed by atoms with Crippen molar-refractivity contribution in [3.8, 4) is 0 Å². The average molecular weight is 281 g/mol. The van der Waals surface area contributed by atoms with Crippen LogP contribution in [0.3, 0.4) is 0 Å². The van der Waals surface area contributed by atoms with Crippen molar-refractivity contribution in [2.75, 3.05) is 6.61 Å². The monoisotopic (exact) mass is 281 g/mol. The Balaban J connectivity index is 2.72. The summed E-state index contributed by atoms with van der Waals surface area (Å²) in [7, 11) is -2.17. The average Bonchev–Trinajstić information content (AvgIpc) is 2.29. The molecule has 0 unspecified atom stereocenters. The van der Waals surface area contributed by atoms with Crippen LogP contribution in [0.25, 0.3) is 0 Å². The zero-order valence-corrected chi connectivity index (χ0v) is 13.5. The first-order chi connectivity index (χ1) is 8.65. The van der Waals surface area contributed by atoms with Crippen LogP contribution >= 0.6 is 0 Å². The third kappa shape index (κ3) is 4.73. The fourth-order valence-electron chi connectivity index (χ4n) is 1.89. The van der Waals surface area contributed by atoms with Crippen molar-refractivity contribution in [2.24, 2.45) is 5.73 Å². The van der Waals surface area contributed by atoms with Gasteiger partial charge in [0.25, 0.3) is 0 Å². The molecule has 3 nitrogen and oxygen atoms in total. The second-order valence-corrected chi connectivity index (χ2v) is 11.1. The quantitative estimate of drug-likeness (QED) is 0.699. The van der Waals surface area contributed by atoms with Gasteiger partial charge in [0.1, 0.15) is 0 Å². The van der Waals surface area contributed by atoms with E-state index in [1.165, 1.54) is 5.56 Å². The van der Waals surface area contributed by atoms with Crippen LogP contribution in [0.5, 0.6) is 0 Å². The molecule has 1 rings (SSSR count). The summed E-state index contributed by atoms with van der Waals surface area (Å²) in [6.45, 7) is 8.26. The minimum Gasteiger partial charge on any atom is -0.432 e. The van der Waals surface area contributed by atoms with Crippen LogP contribution in [0, 0.1) is 0 Å². The highest BCUT2D eigenvalue weighted by atomic mass is 28.4. The number of rotatable bonds is 6. The third-order valence-electron chi connectivity index (χ3n) is 4.06. The smallest absolute Gasteiger partial charge is 0.188 e. The lowest BCUT2D eigenvalue weighted by atomic mass is 9.99. The zero-order chi connectivity index (χ0) is 14.7. The van der Waals surface area contributed by atoms with Crippen LogP contribution in [-0.2, 0) is 12.8 Å². The summed E-state index contributed by atoms with van der Waals surface area (Å²) in [5.74, 6) is 0. The third-order valence-corrected chi connectivity index (χ3v) is 7.55. The van der Waals surface area contributed by atoms with Crippen molar-refractivity contribution < 1.29 is 9.90 Å². The highest BCUT2D eigenvalue weighted by Crippen LogP contribution is 2.38. The molecule has 0 aliphatic rings. The normalized spacial score (nSPS) is 14.5. The summed E-state index contributed by atoms with van der Waals surface area (Å²) in [6, 6.07) is 8.13. The second kappa shape index (κ2) is 6.18. The van der Waals surface area contributed by atoms with Crippen LogP contribution in [0.1, 0.15) is 25.0 Å². The molecule has 0 fully saturated rings. The molecule has 0 radical (unpaired) electrons. The molecule has 0 bridgehead atoms. The number of aliphatic hydroxyl groups is 1. The number of nitrogens with two attached hydrogens (primary N) is 1. The Labute approximate surface area is 117 Å². The number of benzene rings is 1. The summed E-state index contributed by atoms with van der Waals surface area (Å²) in [5, 5.41) is 8.90. The van der Waals surface area contributed by atoms with E-state index < -0.39 is 8.32 Å². The Hall–Kier alpha value is -0.683. The van der Waals surface area contributed by atoms with E-state index in [1.807, 2.05) is 13.1 Å². The highest BCUT2D eigenvalue weighted by molar-refractivity contribution is 6.72. The molecule has 0 amide bonds. The van der Waals surface area contributed by atoms with Crippen LogP contribution < -0.4 is 5.73 Å². The summed E-state index contributed by atoms with van der Waals surface area (Å²) < 4.78 is 0. The van der Waals surface area contributed by atoms with Gasteiger partial charge in [-0.05, 0) is 42.1 Å².